The molecular weight excluding hydrogens is 348 g/mol. The molecule has 6 atom stereocenters. The Morgan fingerprint density at radius 3 is 2.56 bits per heavy atom. The Kier molecular flexibility index (Phi) is 5.02. The summed E-state index contributed by atoms with van der Waals surface area (Å²) in [5.41, 5.74) is -2.08. The van der Waals surface area contributed by atoms with Crippen LogP contribution < -0.4 is 0 Å². The van der Waals surface area contributed by atoms with E-state index in [2.05, 4.69) is 0 Å². The topological polar surface area (TPSA) is 97.0 Å². The molecule has 0 radical (unpaired) electrons. The standard InChI is InChI=1S/C21H30O6/c1-19(11-15(22)13-8-10-27-12-13)14(18(24)26-4)7-9-20(2)16(19)5-6-17(23)21(20,3)25/h8,10,12,14,16-17,23,25H,5-7,9,11H2,1-4H3/t14-,16+,17+,19-,20+,21-/m0/s1. The van der Waals surface area contributed by atoms with Crippen LogP contribution in [0.15, 0.2) is 23.0 Å². The zero-order valence-corrected chi connectivity index (χ0v) is 16.5. The summed E-state index contributed by atoms with van der Waals surface area (Å²) in [5, 5.41) is 21.6. The highest BCUT2D eigenvalue weighted by Crippen LogP contribution is 2.64. The van der Waals surface area contributed by atoms with Gasteiger partial charge in [0.15, 0.2) is 5.78 Å². The number of hydrogen-bond donors (Lipinski definition) is 2. The summed E-state index contributed by atoms with van der Waals surface area (Å²) in [5.74, 6) is -0.931. The van der Waals surface area contributed by atoms with Gasteiger partial charge in [-0.05, 0) is 50.0 Å². The SMILES string of the molecule is COC(=O)[C@@H]1CC[C@]2(C)[C@H](CC[C@@H](O)[C@]2(C)O)[C@@]1(C)CC(=O)c1ccoc1. The van der Waals surface area contributed by atoms with Crippen LogP contribution >= 0.6 is 0 Å². The van der Waals surface area contributed by atoms with E-state index in [9.17, 15) is 19.8 Å². The van der Waals surface area contributed by atoms with E-state index in [0.717, 1.165) is 0 Å². The number of esters is 1. The fourth-order valence-corrected chi connectivity index (χ4v) is 5.81. The molecule has 2 N–H and O–H groups in total. The molecule has 0 aliphatic heterocycles. The van der Waals surface area contributed by atoms with Crippen LogP contribution in [-0.4, -0.2) is 40.8 Å². The van der Waals surface area contributed by atoms with Crippen LogP contribution in [-0.2, 0) is 9.53 Å². The van der Waals surface area contributed by atoms with E-state index in [4.69, 9.17) is 9.15 Å². The summed E-state index contributed by atoms with van der Waals surface area (Å²) >= 11 is 0. The lowest BCUT2D eigenvalue weighted by atomic mass is 9.43. The lowest BCUT2D eigenvalue weighted by molar-refractivity contribution is -0.236. The van der Waals surface area contributed by atoms with Gasteiger partial charge in [0.2, 0.25) is 0 Å². The Labute approximate surface area is 159 Å². The molecule has 2 saturated carbocycles. The van der Waals surface area contributed by atoms with Crippen molar-refractivity contribution in [3.05, 3.63) is 24.2 Å². The monoisotopic (exact) mass is 378 g/mol. The van der Waals surface area contributed by atoms with Gasteiger partial charge in [-0.1, -0.05) is 13.8 Å². The molecule has 3 rings (SSSR count). The molecule has 0 amide bonds. The third-order valence-corrected chi connectivity index (χ3v) is 7.72. The second-order valence-electron chi connectivity index (χ2n) is 8.94. The van der Waals surface area contributed by atoms with Crippen LogP contribution in [0.4, 0.5) is 0 Å². The molecule has 2 aliphatic carbocycles. The lowest BCUT2D eigenvalue weighted by Crippen LogP contribution is -2.66. The van der Waals surface area contributed by atoms with Crippen molar-refractivity contribution in [3.63, 3.8) is 0 Å². The maximum Gasteiger partial charge on any atom is 0.309 e. The van der Waals surface area contributed by atoms with E-state index in [1.807, 2.05) is 13.8 Å². The minimum absolute atomic E-state index is 0.0878. The molecule has 6 heteroatoms. The van der Waals surface area contributed by atoms with Crippen molar-refractivity contribution in [1.29, 1.82) is 0 Å². The summed E-state index contributed by atoms with van der Waals surface area (Å²) in [7, 11) is 1.37. The minimum Gasteiger partial charge on any atom is -0.472 e. The highest BCUT2D eigenvalue weighted by molar-refractivity contribution is 5.96. The highest BCUT2D eigenvalue weighted by atomic mass is 16.5. The Balaban J connectivity index is 2.03. The average molecular weight is 378 g/mol. The number of ketones is 1. The van der Waals surface area contributed by atoms with E-state index in [-0.39, 0.29) is 24.1 Å². The Bertz CT molecular complexity index is 708. The predicted molar refractivity (Wildman–Crippen MR) is 98.0 cm³/mol. The zero-order chi connectivity index (χ0) is 20.0. The zero-order valence-electron chi connectivity index (χ0n) is 16.5. The smallest absolute Gasteiger partial charge is 0.309 e. The molecule has 2 aliphatic rings. The number of furan rings is 1. The molecule has 0 spiro atoms. The van der Waals surface area contributed by atoms with E-state index in [1.54, 1.807) is 13.0 Å². The summed E-state index contributed by atoms with van der Waals surface area (Å²) in [6, 6.07) is 1.63. The number of ether oxygens (including phenoxy) is 1. The minimum atomic E-state index is -1.28. The fraction of sp³-hybridized carbons (Fsp3) is 0.714. The molecular formula is C21H30O6. The second-order valence-corrected chi connectivity index (χ2v) is 8.94. The molecule has 0 aromatic carbocycles. The molecule has 0 bridgehead atoms. The first-order valence-corrected chi connectivity index (χ1v) is 9.61. The van der Waals surface area contributed by atoms with Gasteiger partial charge in [0, 0.05) is 11.8 Å². The van der Waals surface area contributed by atoms with Crippen molar-refractivity contribution in [3.8, 4) is 0 Å². The van der Waals surface area contributed by atoms with E-state index >= 15 is 0 Å². The number of aliphatic hydroxyl groups is 2. The van der Waals surface area contributed by atoms with Crippen molar-refractivity contribution in [2.24, 2.45) is 22.7 Å². The van der Waals surface area contributed by atoms with Crippen LogP contribution in [0.2, 0.25) is 0 Å². The number of fused-ring (bicyclic) bond motifs is 1. The molecule has 1 aromatic rings. The number of carbonyl (C=O) groups is 2. The number of methoxy groups -OCH3 is 1. The number of carbonyl (C=O) groups excluding carboxylic acids is 2. The van der Waals surface area contributed by atoms with Crippen molar-refractivity contribution in [2.45, 2.75) is 64.6 Å². The first-order chi connectivity index (χ1) is 12.6. The molecule has 1 heterocycles. The van der Waals surface area contributed by atoms with Gasteiger partial charge in [-0.15, -0.1) is 0 Å². The normalized spacial score (nSPS) is 41.6. The molecule has 150 valence electrons. The molecule has 0 unspecified atom stereocenters. The van der Waals surface area contributed by atoms with Crippen LogP contribution in [0.1, 0.15) is 63.2 Å². The Morgan fingerprint density at radius 1 is 1.26 bits per heavy atom. The van der Waals surface area contributed by atoms with Gasteiger partial charge in [-0.2, -0.15) is 0 Å². The quantitative estimate of drug-likeness (QED) is 0.618. The maximum absolute atomic E-state index is 12.9. The lowest BCUT2D eigenvalue weighted by Gasteiger charge is -2.63. The molecule has 1 aromatic heterocycles. The molecule has 6 nitrogen and oxygen atoms in total. The van der Waals surface area contributed by atoms with E-state index in [0.29, 0.717) is 31.2 Å². The number of rotatable bonds is 4. The highest BCUT2D eigenvalue weighted by Gasteiger charge is 2.65. The van der Waals surface area contributed by atoms with Crippen molar-refractivity contribution < 1.29 is 29.0 Å². The van der Waals surface area contributed by atoms with Crippen molar-refractivity contribution in [1.82, 2.24) is 0 Å². The summed E-state index contributed by atoms with van der Waals surface area (Å²) in [4.78, 5) is 25.5. The molecule has 0 saturated heterocycles. The summed E-state index contributed by atoms with van der Waals surface area (Å²) in [6.45, 7) is 5.62. The van der Waals surface area contributed by atoms with Gasteiger partial charge >= 0.3 is 5.97 Å². The third kappa shape index (κ3) is 2.93. The van der Waals surface area contributed by atoms with Crippen molar-refractivity contribution >= 4 is 11.8 Å². The summed E-state index contributed by atoms with van der Waals surface area (Å²) in [6.07, 6.45) is 4.42. The van der Waals surface area contributed by atoms with Crippen molar-refractivity contribution in [2.75, 3.05) is 7.11 Å². The second kappa shape index (κ2) is 6.74. The Hall–Kier alpha value is -1.66. The first kappa shape index (κ1) is 20.1. The first-order valence-electron chi connectivity index (χ1n) is 9.61. The summed E-state index contributed by atoms with van der Waals surface area (Å²) < 4.78 is 10.1. The van der Waals surface area contributed by atoms with Crippen LogP contribution in [0.5, 0.6) is 0 Å². The van der Waals surface area contributed by atoms with Gasteiger partial charge in [0.1, 0.15) is 6.26 Å². The molecule has 2 fully saturated rings. The van der Waals surface area contributed by atoms with Gasteiger partial charge in [-0.25, -0.2) is 0 Å². The van der Waals surface area contributed by atoms with E-state index in [1.165, 1.54) is 19.6 Å². The fourth-order valence-electron chi connectivity index (χ4n) is 5.81. The van der Waals surface area contributed by atoms with Crippen LogP contribution in [0.3, 0.4) is 0 Å². The number of hydrogen-bond acceptors (Lipinski definition) is 6. The van der Waals surface area contributed by atoms with Gasteiger partial charge < -0.3 is 19.4 Å². The van der Waals surface area contributed by atoms with Crippen LogP contribution in [0.25, 0.3) is 0 Å². The van der Waals surface area contributed by atoms with Crippen LogP contribution in [0, 0.1) is 22.7 Å². The van der Waals surface area contributed by atoms with E-state index < -0.39 is 28.5 Å². The largest absolute Gasteiger partial charge is 0.472 e. The third-order valence-electron chi connectivity index (χ3n) is 7.72. The number of aliphatic hydroxyl groups excluding tert-OH is 1. The van der Waals surface area contributed by atoms with Gasteiger partial charge in [0.25, 0.3) is 0 Å². The number of Topliss-reactive ketones (excluding diaryl/α,β-unsaturated/α-hetero) is 1. The predicted octanol–water partition coefficient (Wildman–Crippen LogP) is 2.97. The van der Waals surface area contributed by atoms with Gasteiger partial charge in [-0.3, -0.25) is 9.59 Å². The average Bonchev–Trinajstić information content (AvgIpc) is 3.14. The maximum atomic E-state index is 12.9. The Morgan fingerprint density at radius 2 is 1.96 bits per heavy atom. The molecule has 27 heavy (non-hydrogen) atoms. The van der Waals surface area contributed by atoms with Gasteiger partial charge in [0.05, 0.1) is 36.6 Å².